The van der Waals surface area contributed by atoms with E-state index in [0.717, 1.165) is 31.2 Å². The number of likely N-dealkylation sites (tertiary alicyclic amines) is 1. The summed E-state index contributed by atoms with van der Waals surface area (Å²) < 4.78 is 0. The fourth-order valence-electron chi connectivity index (χ4n) is 4.86. The SMILES string of the molecule is CC(C)(C)NC1CCC(N2CCC(NC(=O)c3ccc(O)c(C(C)(C)C)c3)C2=O)CC1. The maximum Gasteiger partial charge on any atom is 0.251 e. The highest BCUT2D eigenvalue weighted by Crippen LogP contribution is 2.32. The van der Waals surface area contributed by atoms with Crippen molar-refractivity contribution in [2.24, 2.45) is 0 Å². The van der Waals surface area contributed by atoms with Crippen molar-refractivity contribution in [1.82, 2.24) is 15.5 Å². The third-order valence-electron chi connectivity index (χ3n) is 6.39. The van der Waals surface area contributed by atoms with Gasteiger partial charge >= 0.3 is 0 Å². The molecule has 1 atom stereocenters. The van der Waals surface area contributed by atoms with Crippen LogP contribution in [0.3, 0.4) is 0 Å². The third kappa shape index (κ3) is 5.79. The predicted octanol–water partition coefficient (Wildman–Crippen LogP) is 3.72. The van der Waals surface area contributed by atoms with Gasteiger partial charge in [-0.25, -0.2) is 0 Å². The summed E-state index contributed by atoms with van der Waals surface area (Å²) in [7, 11) is 0. The molecule has 2 fully saturated rings. The minimum Gasteiger partial charge on any atom is -0.508 e. The van der Waals surface area contributed by atoms with Crippen molar-refractivity contribution in [2.75, 3.05) is 6.54 Å². The summed E-state index contributed by atoms with van der Waals surface area (Å²) in [5.41, 5.74) is 1.03. The van der Waals surface area contributed by atoms with E-state index in [2.05, 4.69) is 31.4 Å². The second-order valence-corrected chi connectivity index (χ2v) is 11.2. The molecule has 2 aliphatic rings. The largest absolute Gasteiger partial charge is 0.508 e. The zero-order valence-electron chi connectivity index (χ0n) is 19.9. The Morgan fingerprint density at radius 1 is 1.03 bits per heavy atom. The van der Waals surface area contributed by atoms with Crippen LogP contribution >= 0.6 is 0 Å². The zero-order valence-corrected chi connectivity index (χ0v) is 19.9. The third-order valence-corrected chi connectivity index (χ3v) is 6.39. The van der Waals surface area contributed by atoms with E-state index < -0.39 is 6.04 Å². The number of rotatable bonds is 4. The summed E-state index contributed by atoms with van der Waals surface area (Å²) in [4.78, 5) is 27.8. The summed E-state index contributed by atoms with van der Waals surface area (Å²) in [6, 6.07) is 5.21. The van der Waals surface area contributed by atoms with Gasteiger partial charge in [-0.2, -0.15) is 0 Å². The molecule has 3 rings (SSSR count). The number of nitrogens with zero attached hydrogens (tertiary/aromatic N) is 1. The van der Waals surface area contributed by atoms with Crippen LogP contribution in [0.4, 0.5) is 0 Å². The summed E-state index contributed by atoms with van der Waals surface area (Å²) in [5, 5.41) is 16.7. The Labute approximate surface area is 186 Å². The van der Waals surface area contributed by atoms with E-state index in [1.807, 2.05) is 25.7 Å². The number of hydrogen-bond donors (Lipinski definition) is 3. The molecule has 31 heavy (non-hydrogen) atoms. The molecule has 3 N–H and O–H groups in total. The molecule has 1 unspecified atom stereocenters. The number of hydrogen-bond acceptors (Lipinski definition) is 4. The monoisotopic (exact) mass is 429 g/mol. The molecular weight excluding hydrogens is 390 g/mol. The van der Waals surface area contributed by atoms with Crippen LogP contribution in [0.5, 0.6) is 5.75 Å². The lowest BCUT2D eigenvalue weighted by Gasteiger charge is -2.37. The minimum atomic E-state index is -0.468. The van der Waals surface area contributed by atoms with Crippen molar-refractivity contribution in [3.8, 4) is 5.75 Å². The van der Waals surface area contributed by atoms with Gasteiger partial charge in [-0.1, -0.05) is 20.8 Å². The van der Waals surface area contributed by atoms with Crippen LogP contribution in [0.15, 0.2) is 18.2 Å². The van der Waals surface area contributed by atoms with Gasteiger partial charge in [0.25, 0.3) is 5.91 Å². The number of nitrogens with one attached hydrogen (secondary N) is 2. The number of carbonyl (C=O) groups excluding carboxylic acids is 2. The van der Waals surface area contributed by atoms with Gasteiger partial charge in [0, 0.05) is 35.3 Å². The average molecular weight is 430 g/mol. The molecule has 1 aliphatic carbocycles. The molecule has 1 aromatic carbocycles. The lowest BCUT2D eigenvalue weighted by atomic mass is 9.85. The van der Waals surface area contributed by atoms with Crippen LogP contribution in [0.25, 0.3) is 0 Å². The number of amides is 2. The van der Waals surface area contributed by atoms with Crippen LogP contribution in [-0.2, 0) is 10.2 Å². The van der Waals surface area contributed by atoms with E-state index in [0.29, 0.717) is 24.6 Å². The van der Waals surface area contributed by atoms with Crippen molar-refractivity contribution in [3.05, 3.63) is 29.3 Å². The molecule has 0 aromatic heterocycles. The van der Waals surface area contributed by atoms with Gasteiger partial charge in [-0.3, -0.25) is 9.59 Å². The Kier molecular flexibility index (Phi) is 6.70. The van der Waals surface area contributed by atoms with E-state index in [9.17, 15) is 14.7 Å². The number of phenolic OH excluding ortho intramolecular Hbond substituents is 1. The van der Waals surface area contributed by atoms with E-state index in [4.69, 9.17) is 0 Å². The summed E-state index contributed by atoms with van der Waals surface area (Å²) in [6.45, 7) is 13.3. The van der Waals surface area contributed by atoms with E-state index >= 15 is 0 Å². The molecule has 1 aliphatic heterocycles. The van der Waals surface area contributed by atoms with Gasteiger partial charge < -0.3 is 20.6 Å². The Morgan fingerprint density at radius 2 is 1.68 bits per heavy atom. The van der Waals surface area contributed by atoms with Crippen LogP contribution < -0.4 is 10.6 Å². The Morgan fingerprint density at radius 3 is 2.26 bits per heavy atom. The average Bonchev–Trinajstić information content (AvgIpc) is 3.01. The quantitative estimate of drug-likeness (QED) is 0.681. The predicted molar refractivity (Wildman–Crippen MR) is 123 cm³/mol. The number of benzene rings is 1. The summed E-state index contributed by atoms with van der Waals surface area (Å²) in [6.07, 6.45) is 4.81. The fraction of sp³-hybridized carbons (Fsp3) is 0.680. The molecule has 1 aromatic rings. The highest BCUT2D eigenvalue weighted by atomic mass is 16.3. The second kappa shape index (κ2) is 8.81. The maximum absolute atomic E-state index is 13.0. The van der Waals surface area contributed by atoms with Gasteiger partial charge in [0.05, 0.1) is 0 Å². The molecule has 6 heteroatoms. The van der Waals surface area contributed by atoms with Crippen LogP contribution in [0, 0.1) is 0 Å². The first-order chi connectivity index (χ1) is 14.3. The topological polar surface area (TPSA) is 81.7 Å². The van der Waals surface area contributed by atoms with Gasteiger partial charge in [-0.15, -0.1) is 0 Å². The number of phenols is 1. The molecule has 6 nitrogen and oxygen atoms in total. The smallest absolute Gasteiger partial charge is 0.251 e. The van der Waals surface area contributed by atoms with Crippen LogP contribution in [0.2, 0.25) is 0 Å². The first kappa shape index (κ1) is 23.6. The van der Waals surface area contributed by atoms with Gasteiger partial charge in [0.15, 0.2) is 0 Å². The van der Waals surface area contributed by atoms with Gasteiger partial charge in [0.1, 0.15) is 11.8 Å². The lowest BCUT2D eigenvalue weighted by Crippen LogP contribution is -2.49. The standard InChI is InChI=1S/C25H39N3O3/c1-24(2,3)19-15-16(7-12-21(19)29)22(30)26-20-13-14-28(23(20)31)18-10-8-17(9-11-18)27-25(4,5)6/h7,12,15,17-18,20,27,29H,8-11,13-14H2,1-6H3,(H,26,30). The van der Waals surface area contributed by atoms with Gasteiger partial charge in [0.2, 0.25) is 5.91 Å². The van der Waals surface area contributed by atoms with Crippen molar-refractivity contribution in [1.29, 1.82) is 0 Å². The minimum absolute atomic E-state index is 0.0374. The Balaban J connectivity index is 1.58. The first-order valence-electron chi connectivity index (χ1n) is 11.6. The maximum atomic E-state index is 13.0. The molecule has 1 saturated carbocycles. The molecule has 0 bridgehead atoms. The Hall–Kier alpha value is -2.08. The fourth-order valence-corrected chi connectivity index (χ4v) is 4.86. The summed E-state index contributed by atoms with van der Waals surface area (Å²) >= 11 is 0. The first-order valence-corrected chi connectivity index (χ1v) is 11.6. The van der Waals surface area contributed by atoms with Crippen molar-refractivity contribution < 1.29 is 14.7 Å². The van der Waals surface area contributed by atoms with Crippen LogP contribution in [0.1, 0.15) is 89.6 Å². The number of carbonyl (C=O) groups is 2. The Bertz CT molecular complexity index is 814. The molecule has 1 heterocycles. The van der Waals surface area contributed by atoms with E-state index in [1.54, 1.807) is 18.2 Å². The highest BCUT2D eigenvalue weighted by molar-refractivity contribution is 5.98. The van der Waals surface area contributed by atoms with Crippen molar-refractivity contribution in [3.63, 3.8) is 0 Å². The summed E-state index contributed by atoms with van der Waals surface area (Å²) in [5.74, 6) is -0.0390. The molecule has 0 radical (unpaired) electrons. The number of aromatic hydroxyl groups is 1. The van der Waals surface area contributed by atoms with E-state index in [-0.39, 0.29) is 34.6 Å². The normalized spacial score (nSPS) is 25.0. The van der Waals surface area contributed by atoms with Crippen LogP contribution in [-0.4, -0.2) is 52.0 Å². The second-order valence-electron chi connectivity index (χ2n) is 11.2. The van der Waals surface area contributed by atoms with Gasteiger partial charge in [-0.05, 0) is 76.5 Å². The van der Waals surface area contributed by atoms with Crippen molar-refractivity contribution in [2.45, 2.75) is 103 Å². The van der Waals surface area contributed by atoms with Crippen molar-refractivity contribution >= 4 is 11.8 Å². The molecule has 2 amide bonds. The molecule has 1 saturated heterocycles. The molecule has 172 valence electrons. The van der Waals surface area contributed by atoms with E-state index in [1.165, 1.54) is 0 Å². The lowest BCUT2D eigenvalue weighted by molar-refractivity contribution is -0.131. The highest BCUT2D eigenvalue weighted by Gasteiger charge is 2.38. The molecule has 0 spiro atoms. The zero-order chi connectivity index (χ0) is 23.0. The molecular formula is C25H39N3O3.